The van der Waals surface area contributed by atoms with Crippen LogP contribution in [0.25, 0.3) is 0 Å². The highest BCUT2D eigenvalue weighted by Crippen LogP contribution is 2.37. The predicted octanol–water partition coefficient (Wildman–Crippen LogP) is 2.91. The maximum absolute atomic E-state index is 11.5. The average Bonchev–Trinajstić information content (AvgIpc) is 2.48. The molecule has 2 atom stereocenters. The van der Waals surface area contributed by atoms with Crippen molar-refractivity contribution in [3.63, 3.8) is 0 Å². The molecule has 0 aromatic carbocycles. The van der Waals surface area contributed by atoms with Gasteiger partial charge in [-0.3, -0.25) is 4.79 Å². The lowest BCUT2D eigenvalue weighted by molar-refractivity contribution is -0.153. The first-order valence-electron chi connectivity index (χ1n) is 8.20. The van der Waals surface area contributed by atoms with Gasteiger partial charge in [-0.15, -0.1) is 0 Å². The topological polar surface area (TPSA) is 49.8 Å². The van der Waals surface area contributed by atoms with Crippen LogP contribution in [0.15, 0.2) is 0 Å². The van der Waals surface area contributed by atoms with Crippen molar-refractivity contribution >= 4 is 5.97 Å². The molecular weight excluding hydrogens is 254 g/mol. The monoisotopic (exact) mass is 283 g/mol. The molecule has 2 aliphatic rings. The summed E-state index contributed by atoms with van der Waals surface area (Å²) in [6, 6.07) is 0.601. The van der Waals surface area contributed by atoms with Crippen LogP contribution in [-0.2, 0) is 9.53 Å². The minimum absolute atomic E-state index is 0.413. The highest BCUT2D eigenvalue weighted by atomic mass is 16.5. The Kier molecular flexibility index (Phi) is 5.44. The molecule has 4 heteroatoms. The lowest BCUT2D eigenvalue weighted by Gasteiger charge is -2.44. The van der Waals surface area contributed by atoms with Crippen LogP contribution in [0.3, 0.4) is 0 Å². The van der Waals surface area contributed by atoms with E-state index in [1.165, 1.54) is 6.42 Å². The van der Waals surface area contributed by atoms with Crippen LogP contribution in [-0.4, -0.2) is 47.8 Å². The second-order valence-electron chi connectivity index (χ2n) is 6.43. The van der Waals surface area contributed by atoms with Crippen LogP contribution in [0.4, 0.5) is 0 Å². The van der Waals surface area contributed by atoms with Crippen molar-refractivity contribution in [3.8, 4) is 0 Å². The van der Waals surface area contributed by atoms with Gasteiger partial charge >= 0.3 is 5.97 Å². The standard InChI is InChI=1S/C16H29NO3/c1-3-5-14-12-13(6-11-20-14)17-9-7-16(4-2,8-10-17)15(18)19/h13-14H,3-12H2,1-2H3,(H,18,19). The minimum Gasteiger partial charge on any atom is -0.481 e. The summed E-state index contributed by atoms with van der Waals surface area (Å²) in [6.45, 7) is 6.95. The van der Waals surface area contributed by atoms with Crippen molar-refractivity contribution in [1.29, 1.82) is 0 Å². The molecule has 2 heterocycles. The summed E-state index contributed by atoms with van der Waals surface area (Å²) in [5, 5.41) is 9.46. The number of hydrogen-bond acceptors (Lipinski definition) is 3. The van der Waals surface area contributed by atoms with Crippen LogP contribution in [0.1, 0.15) is 58.8 Å². The molecule has 0 radical (unpaired) electrons. The summed E-state index contributed by atoms with van der Waals surface area (Å²) >= 11 is 0. The normalized spacial score (nSPS) is 31.1. The predicted molar refractivity (Wildman–Crippen MR) is 78.8 cm³/mol. The van der Waals surface area contributed by atoms with E-state index < -0.39 is 11.4 Å². The van der Waals surface area contributed by atoms with Crippen LogP contribution in [0.5, 0.6) is 0 Å². The average molecular weight is 283 g/mol. The Bertz CT molecular complexity index is 322. The number of aliphatic carboxylic acids is 1. The van der Waals surface area contributed by atoms with E-state index >= 15 is 0 Å². The van der Waals surface area contributed by atoms with Crippen molar-refractivity contribution < 1.29 is 14.6 Å². The van der Waals surface area contributed by atoms with Gasteiger partial charge in [0.25, 0.3) is 0 Å². The molecule has 0 amide bonds. The Morgan fingerprint density at radius 1 is 1.35 bits per heavy atom. The van der Waals surface area contributed by atoms with Gasteiger partial charge in [-0.2, -0.15) is 0 Å². The highest BCUT2D eigenvalue weighted by molar-refractivity contribution is 5.74. The fourth-order valence-corrected chi connectivity index (χ4v) is 3.75. The molecule has 1 N–H and O–H groups in total. The number of ether oxygens (including phenoxy) is 1. The second kappa shape index (κ2) is 6.90. The van der Waals surface area contributed by atoms with E-state index in [0.29, 0.717) is 12.1 Å². The zero-order chi connectivity index (χ0) is 14.6. The number of carboxylic acid groups (broad SMARTS) is 1. The Labute approximate surface area is 122 Å². The van der Waals surface area contributed by atoms with E-state index in [0.717, 1.165) is 58.2 Å². The van der Waals surface area contributed by atoms with Gasteiger partial charge in [0.1, 0.15) is 0 Å². The molecule has 2 aliphatic heterocycles. The van der Waals surface area contributed by atoms with Gasteiger partial charge in [0, 0.05) is 12.6 Å². The number of carbonyl (C=O) groups is 1. The van der Waals surface area contributed by atoms with Crippen LogP contribution in [0, 0.1) is 5.41 Å². The van der Waals surface area contributed by atoms with Crippen molar-refractivity contribution in [2.45, 2.75) is 70.9 Å². The zero-order valence-electron chi connectivity index (χ0n) is 12.9. The first-order valence-corrected chi connectivity index (χ1v) is 8.20. The maximum Gasteiger partial charge on any atom is 0.309 e. The molecule has 0 saturated carbocycles. The molecule has 2 unspecified atom stereocenters. The smallest absolute Gasteiger partial charge is 0.309 e. The molecule has 0 aromatic heterocycles. The number of likely N-dealkylation sites (tertiary alicyclic amines) is 1. The maximum atomic E-state index is 11.5. The van der Waals surface area contributed by atoms with Crippen LogP contribution in [0.2, 0.25) is 0 Å². The van der Waals surface area contributed by atoms with Gasteiger partial charge in [0.2, 0.25) is 0 Å². The lowest BCUT2D eigenvalue weighted by Crippen LogP contribution is -2.50. The molecule has 4 nitrogen and oxygen atoms in total. The Morgan fingerprint density at radius 3 is 2.60 bits per heavy atom. The number of hydrogen-bond donors (Lipinski definition) is 1. The van der Waals surface area contributed by atoms with Crippen molar-refractivity contribution in [2.24, 2.45) is 5.41 Å². The minimum atomic E-state index is -0.601. The molecule has 0 bridgehead atoms. The van der Waals surface area contributed by atoms with E-state index in [1.54, 1.807) is 0 Å². The van der Waals surface area contributed by atoms with Crippen LogP contribution < -0.4 is 0 Å². The number of carboxylic acids is 1. The lowest BCUT2D eigenvalue weighted by atomic mass is 9.75. The third-order valence-electron chi connectivity index (χ3n) is 5.35. The van der Waals surface area contributed by atoms with Crippen molar-refractivity contribution in [2.75, 3.05) is 19.7 Å². The SMILES string of the molecule is CCCC1CC(N2CCC(CC)(C(=O)O)CC2)CCO1. The van der Waals surface area contributed by atoms with Crippen molar-refractivity contribution in [1.82, 2.24) is 4.90 Å². The van der Waals surface area contributed by atoms with Gasteiger partial charge in [0.15, 0.2) is 0 Å². The third kappa shape index (κ3) is 3.34. The summed E-state index contributed by atoms with van der Waals surface area (Å²) < 4.78 is 5.82. The van der Waals surface area contributed by atoms with Gasteiger partial charge in [0.05, 0.1) is 11.5 Å². The fourth-order valence-electron chi connectivity index (χ4n) is 3.75. The van der Waals surface area contributed by atoms with Gasteiger partial charge in [-0.25, -0.2) is 0 Å². The third-order valence-corrected chi connectivity index (χ3v) is 5.35. The molecule has 20 heavy (non-hydrogen) atoms. The van der Waals surface area contributed by atoms with Gasteiger partial charge in [-0.1, -0.05) is 20.3 Å². The van der Waals surface area contributed by atoms with E-state index in [2.05, 4.69) is 11.8 Å². The highest BCUT2D eigenvalue weighted by Gasteiger charge is 2.41. The molecule has 116 valence electrons. The molecule has 0 aliphatic carbocycles. The molecular formula is C16H29NO3. The van der Waals surface area contributed by atoms with E-state index in [1.807, 2.05) is 6.92 Å². The summed E-state index contributed by atoms with van der Waals surface area (Å²) in [4.78, 5) is 14.0. The largest absolute Gasteiger partial charge is 0.481 e. The summed E-state index contributed by atoms with van der Waals surface area (Å²) in [5.74, 6) is -0.601. The number of piperidine rings is 1. The molecule has 0 aromatic rings. The summed E-state index contributed by atoms with van der Waals surface area (Å²) in [6.07, 6.45) is 7.32. The molecule has 0 spiro atoms. The number of rotatable bonds is 5. The zero-order valence-corrected chi connectivity index (χ0v) is 12.9. The molecule has 2 rings (SSSR count). The molecule has 2 saturated heterocycles. The quantitative estimate of drug-likeness (QED) is 0.843. The fraction of sp³-hybridized carbons (Fsp3) is 0.938. The van der Waals surface area contributed by atoms with Crippen molar-refractivity contribution in [3.05, 3.63) is 0 Å². The summed E-state index contributed by atoms with van der Waals surface area (Å²) in [7, 11) is 0. The molecule has 2 fully saturated rings. The van der Waals surface area contributed by atoms with E-state index in [-0.39, 0.29) is 0 Å². The summed E-state index contributed by atoms with van der Waals surface area (Å²) in [5.41, 5.74) is -0.468. The van der Waals surface area contributed by atoms with Gasteiger partial charge in [-0.05, 0) is 51.6 Å². The Balaban J connectivity index is 1.88. The van der Waals surface area contributed by atoms with E-state index in [4.69, 9.17) is 4.74 Å². The first kappa shape index (κ1) is 15.8. The number of nitrogens with zero attached hydrogens (tertiary/aromatic N) is 1. The first-order chi connectivity index (χ1) is 9.61. The van der Waals surface area contributed by atoms with Gasteiger partial charge < -0.3 is 14.7 Å². The van der Waals surface area contributed by atoms with E-state index in [9.17, 15) is 9.90 Å². The second-order valence-corrected chi connectivity index (χ2v) is 6.43. The van der Waals surface area contributed by atoms with Crippen LogP contribution >= 0.6 is 0 Å². The Hall–Kier alpha value is -0.610. The Morgan fingerprint density at radius 2 is 2.05 bits per heavy atom.